The lowest BCUT2D eigenvalue weighted by atomic mass is 9.75. The van der Waals surface area contributed by atoms with Crippen LogP contribution in [0.3, 0.4) is 0 Å². The number of amides is 1. The van der Waals surface area contributed by atoms with Crippen molar-refractivity contribution in [2.24, 2.45) is 5.92 Å². The Bertz CT molecular complexity index is 951. The van der Waals surface area contributed by atoms with Gasteiger partial charge in [0.2, 0.25) is 0 Å². The summed E-state index contributed by atoms with van der Waals surface area (Å²) in [7, 11) is 0. The fraction of sp³-hybridized carbons (Fsp3) is 0.286. The van der Waals surface area contributed by atoms with Crippen molar-refractivity contribution in [2.45, 2.75) is 31.9 Å². The van der Waals surface area contributed by atoms with Crippen LogP contribution in [-0.2, 0) is 0 Å². The van der Waals surface area contributed by atoms with Crippen LogP contribution < -0.4 is 5.32 Å². The fourth-order valence-electron chi connectivity index (χ4n) is 3.57. The molecule has 1 aliphatic carbocycles. The number of aliphatic hydroxyl groups is 1. The van der Waals surface area contributed by atoms with Crippen LogP contribution in [0, 0.1) is 12.8 Å². The van der Waals surface area contributed by atoms with E-state index in [4.69, 9.17) is 0 Å². The molecule has 0 bridgehead atoms. The second-order valence-electron chi connectivity index (χ2n) is 6.97. The molecule has 1 saturated carbocycles. The van der Waals surface area contributed by atoms with E-state index in [1.54, 1.807) is 6.20 Å². The Labute approximate surface area is 152 Å². The fourth-order valence-corrected chi connectivity index (χ4v) is 3.57. The zero-order valence-electron chi connectivity index (χ0n) is 14.6. The summed E-state index contributed by atoms with van der Waals surface area (Å²) in [5, 5.41) is 13.9. The van der Waals surface area contributed by atoms with Gasteiger partial charge in [0, 0.05) is 17.8 Å². The summed E-state index contributed by atoms with van der Waals surface area (Å²) >= 11 is 0. The largest absolute Gasteiger partial charge is 0.393 e. The van der Waals surface area contributed by atoms with E-state index in [2.05, 4.69) is 21.4 Å². The van der Waals surface area contributed by atoms with Gasteiger partial charge in [-0.05, 0) is 55.0 Å². The van der Waals surface area contributed by atoms with E-state index in [0.717, 1.165) is 22.0 Å². The molecule has 1 fully saturated rings. The highest BCUT2D eigenvalue weighted by Crippen LogP contribution is 2.38. The van der Waals surface area contributed by atoms with Gasteiger partial charge in [0.05, 0.1) is 17.7 Å². The van der Waals surface area contributed by atoms with Crippen LogP contribution in [0.2, 0.25) is 0 Å². The van der Waals surface area contributed by atoms with Gasteiger partial charge in [-0.25, -0.2) is 0 Å². The van der Waals surface area contributed by atoms with E-state index in [0.29, 0.717) is 18.5 Å². The topological polar surface area (TPSA) is 75.1 Å². The summed E-state index contributed by atoms with van der Waals surface area (Å²) in [6.07, 6.45) is 4.52. The Morgan fingerprint density at radius 3 is 2.77 bits per heavy atom. The number of pyridine rings is 2. The van der Waals surface area contributed by atoms with Gasteiger partial charge in [0.1, 0.15) is 5.69 Å². The third-order valence-corrected chi connectivity index (χ3v) is 5.10. The van der Waals surface area contributed by atoms with Gasteiger partial charge in [0.15, 0.2) is 0 Å². The van der Waals surface area contributed by atoms with E-state index >= 15 is 0 Å². The van der Waals surface area contributed by atoms with Crippen LogP contribution in [0.15, 0.2) is 54.9 Å². The number of carbonyl (C=O) groups is 1. The zero-order chi connectivity index (χ0) is 18.1. The number of hydrogen-bond acceptors (Lipinski definition) is 4. The van der Waals surface area contributed by atoms with Crippen LogP contribution in [0.1, 0.15) is 40.5 Å². The molecule has 132 valence electrons. The molecule has 0 radical (unpaired) electrons. The number of fused-ring (bicyclic) bond motifs is 1. The number of nitrogens with zero attached hydrogens (tertiary/aromatic N) is 2. The van der Waals surface area contributed by atoms with Gasteiger partial charge in [-0.15, -0.1) is 0 Å². The third kappa shape index (κ3) is 3.18. The zero-order valence-corrected chi connectivity index (χ0v) is 14.6. The van der Waals surface area contributed by atoms with Crippen LogP contribution in [0.5, 0.6) is 0 Å². The first-order valence-electron chi connectivity index (χ1n) is 8.87. The maximum Gasteiger partial charge on any atom is 0.270 e. The van der Waals surface area contributed by atoms with Gasteiger partial charge in [0.25, 0.3) is 5.91 Å². The molecular formula is C21H21N3O2. The van der Waals surface area contributed by atoms with Crippen molar-refractivity contribution in [3.8, 4) is 0 Å². The molecule has 0 spiro atoms. The molecule has 1 amide bonds. The standard InChI is InChI=1S/C21H21N3O2/c1-13-5-4-8-22-19(13)21(26)24-20(15-10-17(25)11-15)16-9-14-6-2-3-7-18(14)23-12-16/h2-9,12,15,17,20,25H,10-11H2,1H3,(H,24,26). The number of nitrogens with one attached hydrogen (secondary N) is 1. The minimum absolute atomic E-state index is 0.190. The highest BCUT2D eigenvalue weighted by atomic mass is 16.3. The van der Waals surface area contributed by atoms with E-state index in [9.17, 15) is 9.90 Å². The van der Waals surface area contributed by atoms with Crippen molar-refractivity contribution in [3.05, 3.63) is 71.7 Å². The second-order valence-corrected chi connectivity index (χ2v) is 6.97. The van der Waals surface area contributed by atoms with E-state index in [-0.39, 0.29) is 24.0 Å². The number of benzene rings is 1. The van der Waals surface area contributed by atoms with Gasteiger partial charge in [-0.1, -0.05) is 24.3 Å². The molecule has 1 atom stereocenters. The maximum atomic E-state index is 12.8. The van der Waals surface area contributed by atoms with Crippen LogP contribution in [-0.4, -0.2) is 27.1 Å². The number of aromatic nitrogens is 2. The maximum absolute atomic E-state index is 12.8. The Hall–Kier alpha value is -2.79. The lowest BCUT2D eigenvalue weighted by molar-refractivity contribution is 0.0234. The number of carbonyl (C=O) groups excluding carboxylic acids is 1. The molecule has 2 heterocycles. The third-order valence-electron chi connectivity index (χ3n) is 5.10. The number of hydrogen-bond donors (Lipinski definition) is 2. The van der Waals surface area contributed by atoms with Crippen molar-refractivity contribution < 1.29 is 9.90 Å². The lowest BCUT2D eigenvalue weighted by Crippen LogP contribution is -2.41. The number of para-hydroxylation sites is 1. The second kappa shape index (κ2) is 6.84. The summed E-state index contributed by atoms with van der Waals surface area (Å²) < 4.78 is 0. The summed E-state index contributed by atoms with van der Waals surface area (Å²) in [6.45, 7) is 1.88. The van der Waals surface area contributed by atoms with E-state index < -0.39 is 0 Å². The monoisotopic (exact) mass is 347 g/mol. The minimum atomic E-state index is -0.288. The number of aliphatic hydroxyl groups excluding tert-OH is 1. The summed E-state index contributed by atoms with van der Waals surface area (Å²) in [5.74, 6) is 0.00331. The normalized spacial score (nSPS) is 20.4. The molecule has 26 heavy (non-hydrogen) atoms. The van der Waals surface area contributed by atoms with Crippen LogP contribution in [0.4, 0.5) is 0 Å². The van der Waals surface area contributed by atoms with Gasteiger partial charge in [-0.2, -0.15) is 0 Å². The Morgan fingerprint density at radius 2 is 2.00 bits per heavy atom. The predicted octanol–water partition coefficient (Wildman–Crippen LogP) is 3.18. The molecule has 1 unspecified atom stereocenters. The summed E-state index contributed by atoms with van der Waals surface area (Å²) in [4.78, 5) is 21.5. The molecule has 2 N–H and O–H groups in total. The molecule has 2 aromatic heterocycles. The van der Waals surface area contributed by atoms with Crippen LogP contribution in [0.25, 0.3) is 10.9 Å². The van der Waals surface area contributed by atoms with Crippen molar-refractivity contribution in [1.29, 1.82) is 0 Å². The Balaban J connectivity index is 1.65. The Kier molecular flexibility index (Phi) is 4.39. The van der Waals surface area contributed by atoms with Gasteiger partial charge >= 0.3 is 0 Å². The molecule has 0 saturated heterocycles. The minimum Gasteiger partial charge on any atom is -0.393 e. The predicted molar refractivity (Wildman–Crippen MR) is 99.7 cm³/mol. The molecule has 3 aromatic rings. The van der Waals surface area contributed by atoms with Crippen molar-refractivity contribution in [3.63, 3.8) is 0 Å². The summed E-state index contributed by atoms with van der Waals surface area (Å²) in [5.41, 5.74) is 3.17. The lowest BCUT2D eigenvalue weighted by Gasteiger charge is -2.38. The first-order valence-corrected chi connectivity index (χ1v) is 8.87. The first-order chi connectivity index (χ1) is 12.6. The SMILES string of the molecule is Cc1cccnc1C(=O)NC(c1cnc2ccccc2c1)C1CC(O)C1. The van der Waals surface area contributed by atoms with Crippen LogP contribution >= 0.6 is 0 Å². The molecule has 1 aliphatic rings. The average molecular weight is 347 g/mol. The highest BCUT2D eigenvalue weighted by Gasteiger charge is 2.36. The number of aryl methyl sites for hydroxylation is 1. The number of rotatable bonds is 4. The molecule has 5 heteroatoms. The molecule has 5 nitrogen and oxygen atoms in total. The van der Waals surface area contributed by atoms with E-state index in [1.807, 2.05) is 49.5 Å². The molecule has 4 rings (SSSR count). The van der Waals surface area contributed by atoms with Crippen molar-refractivity contribution >= 4 is 16.8 Å². The quantitative estimate of drug-likeness (QED) is 0.760. The van der Waals surface area contributed by atoms with Crippen molar-refractivity contribution in [1.82, 2.24) is 15.3 Å². The smallest absolute Gasteiger partial charge is 0.270 e. The molecule has 0 aliphatic heterocycles. The first kappa shape index (κ1) is 16.7. The van der Waals surface area contributed by atoms with Gasteiger partial charge < -0.3 is 10.4 Å². The highest BCUT2D eigenvalue weighted by molar-refractivity contribution is 5.94. The summed E-state index contributed by atoms with van der Waals surface area (Å²) in [6, 6.07) is 13.5. The van der Waals surface area contributed by atoms with Crippen molar-refractivity contribution in [2.75, 3.05) is 0 Å². The van der Waals surface area contributed by atoms with Gasteiger partial charge in [-0.3, -0.25) is 14.8 Å². The molecule has 1 aromatic carbocycles. The molecular weight excluding hydrogens is 326 g/mol. The Morgan fingerprint density at radius 1 is 1.19 bits per heavy atom. The van der Waals surface area contributed by atoms with E-state index in [1.165, 1.54) is 0 Å². The average Bonchev–Trinajstić information content (AvgIpc) is 2.63.